The Balaban J connectivity index is 1.61. The fraction of sp³-hybridized carbons (Fsp3) is 0.526. The Morgan fingerprint density at radius 3 is 2.46 bits per heavy atom. The van der Waals surface area contributed by atoms with Crippen molar-refractivity contribution in [3.8, 4) is 11.5 Å². The maximum absolute atomic E-state index is 11.6. The number of carbonyl (C=O) groups is 1. The summed E-state index contributed by atoms with van der Waals surface area (Å²) < 4.78 is 22.4. The summed E-state index contributed by atoms with van der Waals surface area (Å²) in [6, 6.07) is 3.26. The number of aliphatic carboxylic acids is 1. The third-order valence-corrected chi connectivity index (χ3v) is 5.16. The molecule has 28 heavy (non-hydrogen) atoms. The van der Waals surface area contributed by atoms with E-state index in [4.69, 9.17) is 18.9 Å². The summed E-state index contributed by atoms with van der Waals surface area (Å²) in [5, 5.41) is 12.8. The summed E-state index contributed by atoms with van der Waals surface area (Å²) in [6.45, 7) is 3.58. The lowest BCUT2D eigenvalue weighted by molar-refractivity contribution is -0.165. The molecule has 1 aliphatic heterocycles. The highest BCUT2D eigenvalue weighted by Gasteiger charge is 2.56. The van der Waals surface area contributed by atoms with Crippen LogP contribution in [0.1, 0.15) is 20.3 Å². The first-order chi connectivity index (χ1) is 13.3. The summed E-state index contributed by atoms with van der Waals surface area (Å²) in [7, 11) is 3.12. The van der Waals surface area contributed by atoms with Gasteiger partial charge >= 0.3 is 5.97 Å². The summed E-state index contributed by atoms with van der Waals surface area (Å²) >= 11 is 0. The molecular formula is C19H23N3O6. The molecule has 1 saturated heterocycles. The number of benzene rings is 1. The number of carboxylic acids is 1. The summed E-state index contributed by atoms with van der Waals surface area (Å²) in [5.74, 6) is -0.677. The highest BCUT2D eigenvalue weighted by molar-refractivity contribution is 5.80. The predicted octanol–water partition coefficient (Wildman–Crippen LogP) is 2.05. The highest BCUT2D eigenvalue weighted by atomic mass is 16.8. The van der Waals surface area contributed by atoms with Crippen LogP contribution in [0.2, 0.25) is 0 Å². The summed E-state index contributed by atoms with van der Waals surface area (Å²) in [6.07, 6.45) is 1.12. The standard InChI is InChI=1S/C19H23N3O6/c1-19(2)27-16-9(18(23)24)5-12(17(16)28-19)22-15-8-20-10-6-13(25-3)14(26-4)7-11(10)21-15/h6-9,12,16-17H,5H2,1-4H3,(H,21,22)(H,23,24)/t9-,12+,16+,17-/m0/s1. The molecule has 9 heteroatoms. The van der Waals surface area contributed by atoms with Crippen molar-refractivity contribution in [3.63, 3.8) is 0 Å². The number of aromatic nitrogens is 2. The van der Waals surface area contributed by atoms with Crippen molar-refractivity contribution in [2.24, 2.45) is 5.92 Å². The van der Waals surface area contributed by atoms with Crippen molar-refractivity contribution in [1.29, 1.82) is 0 Å². The van der Waals surface area contributed by atoms with Gasteiger partial charge in [-0.3, -0.25) is 9.78 Å². The predicted molar refractivity (Wildman–Crippen MR) is 99.6 cm³/mol. The molecular weight excluding hydrogens is 366 g/mol. The molecule has 2 aromatic rings. The summed E-state index contributed by atoms with van der Waals surface area (Å²) in [4.78, 5) is 20.7. The van der Waals surface area contributed by atoms with Gasteiger partial charge < -0.3 is 29.4 Å². The molecule has 4 rings (SSSR count). The molecule has 1 saturated carbocycles. The van der Waals surface area contributed by atoms with Crippen molar-refractivity contribution in [1.82, 2.24) is 9.97 Å². The van der Waals surface area contributed by atoms with Gasteiger partial charge in [-0.1, -0.05) is 0 Å². The van der Waals surface area contributed by atoms with Gasteiger partial charge in [0.05, 0.1) is 43.4 Å². The molecule has 0 amide bonds. The van der Waals surface area contributed by atoms with E-state index >= 15 is 0 Å². The van der Waals surface area contributed by atoms with E-state index < -0.39 is 23.8 Å². The fourth-order valence-electron chi connectivity index (χ4n) is 3.96. The average Bonchev–Trinajstić information content (AvgIpc) is 3.14. The number of rotatable bonds is 5. The molecule has 0 radical (unpaired) electrons. The van der Waals surface area contributed by atoms with Crippen LogP contribution >= 0.6 is 0 Å². The van der Waals surface area contributed by atoms with E-state index in [1.54, 1.807) is 46.4 Å². The minimum atomic E-state index is -0.887. The number of hydrogen-bond donors (Lipinski definition) is 2. The topological polar surface area (TPSA) is 112 Å². The van der Waals surface area contributed by atoms with E-state index in [1.807, 2.05) is 0 Å². The zero-order chi connectivity index (χ0) is 20.1. The smallest absolute Gasteiger partial charge is 0.309 e. The van der Waals surface area contributed by atoms with Crippen molar-refractivity contribution >= 4 is 22.8 Å². The largest absolute Gasteiger partial charge is 0.493 e. The first kappa shape index (κ1) is 18.7. The molecule has 9 nitrogen and oxygen atoms in total. The van der Waals surface area contributed by atoms with Crippen LogP contribution in [0.25, 0.3) is 11.0 Å². The Morgan fingerprint density at radius 2 is 1.82 bits per heavy atom. The zero-order valence-electron chi connectivity index (χ0n) is 16.1. The number of anilines is 1. The molecule has 2 N–H and O–H groups in total. The first-order valence-corrected chi connectivity index (χ1v) is 9.05. The lowest BCUT2D eigenvalue weighted by Gasteiger charge is -2.23. The number of carboxylic acid groups (broad SMARTS) is 1. The van der Waals surface area contributed by atoms with Crippen LogP contribution in [-0.2, 0) is 14.3 Å². The van der Waals surface area contributed by atoms with Gasteiger partial charge in [0, 0.05) is 12.1 Å². The van der Waals surface area contributed by atoms with Gasteiger partial charge in [-0.05, 0) is 20.3 Å². The Bertz CT molecular complexity index is 918. The lowest BCUT2D eigenvalue weighted by atomic mass is 10.1. The molecule has 150 valence electrons. The second-order valence-corrected chi connectivity index (χ2v) is 7.45. The number of nitrogens with zero attached hydrogens (tertiary/aromatic N) is 2. The van der Waals surface area contributed by atoms with Crippen LogP contribution in [0.3, 0.4) is 0 Å². The highest BCUT2D eigenvalue weighted by Crippen LogP contribution is 2.42. The van der Waals surface area contributed by atoms with E-state index in [9.17, 15) is 9.90 Å². The van der Waals surface area contributed by atoms with Crippen LogP contribution in [-0.4, -0.2) is 59.3 Å². The van der Waals surface area contributed by atoms with Gasteiger partial charge in [0.1, 0.15) is 18.0 Å². The van der Waals surface area contributed by atoms with Gasteiger partial charge in [0.15, 0.2) is 17.3 Å². The molecule has 1 aliphatic carbocycles. The number of methoxy groups -OCH3 is 2. The fourth-order valence-corrected chi connectivity index (χ4v) is 3.96. The Kier molecular flexibility index (Phi) is 4.51. The molecule has 4 atom stereocenters. The van der Waals surface area contributed by atoms with Gasteiger partial charge in [-0.25, -0.2) is 4.98 Å². The number of fused-ring (bicyclic) bond motifs is 2. The van der Waals surface area contributed by atoms with Crippen LogP contribution in [0.15, 0.2) is 18.3 Å². The number of hydrogen-bond acceptors (Lipinski definition) is 8. The van der Waals surface area contributed by atoms with Gasteiger partial charge in [0.2, 0.25) is 0 Å². The van der Waals surface area contributed by atoms with Gasteiger partial charge in [-0.15, -0.1) is 0 Å². The lowest BCUT2D eigenvalue weighted by Crippen LogP contribution is -2.34. The quantitative estimate of drug-likeness (QED) is 0.793. The van der Waals surface area contributed by atoms with Crippen molar-refractivity contribution in [2.45, 2.75) is 44.3 Å². The molecule has 2 heterocycles. The van der Waals surface area contributed by atoms with Crippen molar-refractivity contribution < 1.29 is 28.8 Å². The Morgan fingerprint density at radius 1 is 1.18 bits per heavy atom. The van der Waals surface area contributed by atoms with Crippen LogP contribution < -0.4 is 14.8 Å². The van der Waals surface area contributed by atoms with E-state index in [1.165, 1.54) is 0 Å². The van der Waals surface area contributed by atoms with Crippen molar-refractivity contribution in [2.75, 3.05) is 19.5 Å². The minimum Gasteiger partial charge on any atom is -0.493 e. The monoisotopic (exact) mass is 389 g/mol. The maximum atomic E-state index is 11.6. The average molecular weight is 389 g/mol. The normalized spacial score (nSPS) is 28.1. The van der Waals surface area contributed by atoms with Gasteiger partial charge in [-0.2, -0.15) is 0 Å². The summed E-state index contributed by atoms with van der Waals surface area (Å²) in [5.41, 5.74) is 1.30. The van der Waals surface area contributed by atoms with E-state index in [-0.39, 0.29) is 12.1 Å². The molecule has 0 bridgehead atoms. The molecule has 0 spiro atoms. The van der Waals surface area contributed by atoms with Gasteiger partial charge in [0.25, 0.3) is 0 Å². The zero-order valence-corrected chi connectivity index (χ0v) is 16.1. The maximum Gasteiger partial charge on any atom is 0.309 e. The molecule has 1 aromatic carbocycles. The Labute approximate surface area is 162 Å². The van der Waals surface area contributed by atoms with Crippen molar-refractivity contribution in [3.05, 3.63) is 18.3 Å². The second-order valence-electron chi connectivity index (χ2n) is 7.45. The molecule has 2 fully saturated rings. The molecule has 1 aromatic heterocycles. The third kappa shape index (κ3) is 3.20. The number of ether oxygens (including phenoxy) is 4. The Hall–Kier alpha value is -2.65. The second kappa shape index (κ2) is 6.75. The van der Waals surface area contributed by atoms with E-state index in [0.717, 1.165) is 0 Å². The molecule has 0 unspecified atom stereocenters. The van der Waals surface area contributed by atoms with Crippen LogP contribution in [0.4, 0.5) is 5.82 Å². The van der Waals surface area contributed by atoms with E-state index in [2.05, 4.69) is 15.3 Å². The van der Waals surface area contributed by atoms with E-state index in [0.29, 0.717) is 34.8 Å². The third-order valence-electron chi connectivity index (χ3n) is 5.16. The van der Waals surface area contributed by atoms with Crippen LogP contribution in [0, 0.1) is 5.92 Å². The van der Waals surface area contributed by atoms with Crippen LogP contribution in [0.5, 0.6) is 11.5 Å². The minimum absolute atomic E-state index is 0.250. The first-order valence-electron chi connectivity index (χ1n) is 9.05. The SMILES string of the molecule is COc1cc2ncc(N[C@@H]3C[C@H](C(=O)O)[C@H]4OC(C)(C)O[C@H]43)nc2cc1OC. The number of nitrogens with one attached hydrogen (secondary N) is 1. The molecule has 2 aliphatic rings.